The van der Waals surface area contributed by atoms with Crippen LogP contribution in [-0.4, -0.2) is 31.0 Å². The Labute approximate surface area is 153 Å². The molecule has 0 unspecified atom stereocenters. The molecule has 27 heavy (non-hydrogen) atoms. The first kappa shape index (κ1) is 17.7. The summed E-state index contributed by atoms with van der Waals surface area (Å²) in [5, 5.41) is 26.1. The second-order valence-electron chi connectivity index (χ2n) is 5.47. The molecule has 136 valence electrons. The van der Waals surface area contributed by atoms with Crippen molar-refractivity contribution in [2.75, 3.05) is 10.6 Å². The van der Waals surface area contributed by atoms with Crippen LogP contribution in [0.4, 0.5) is 28.8 Å². The SMILES string of the molecule is Cc1cccc(Nc2ncnc(Nc3ccc(C(=O)O)cc3)c2[N+](=O)[O-])n1. The van der Waals surface area contributed by atoms with Crippen molar-refractivity contribution in [1.82, 2.24) is 15.0 Å². The maximum Gasteiger partial charge on any atom is 0.353 e. The second-order valence-corrected chi connectivity index (χ2v) is 5.47. The van der Waals surface area contributed by atoms with Crippen LogP contribution in [0.5, 0.6) is 0 Å². The topological polar surface area (TPSA) is 143 Å². The van der Waals surface area contributed by atoms with E-state index in [4.69, 9.17) is 5.11 Å². The van der Waals surface area contributed by atoms with Gasteiger partial charge in [-0.3, -0.25) is 10.1 Å². The summed E-state index contributed by atoms with van der Waals surface area (Å²) in [4.78, 5) is 34.0. The molecule has 0 aliphatic heterocycles. The van der Waals surface area contributed by atoms with E-state index < -0.39 is 10.9 Å². The molecule has 0 bridgehead atoms. The molecular weight excluding hydrogens is 352 g/mol. The molecule has 3 aromatic rings. The highest BCUT2D eigenvalue weighted by Crippen LogP contribution is 2.32. The van der Waals surface area contributed by atoms with Crippen LogP contribution < -0.4 is 10.6 Å². The van der Waals surface area contributed by atoms with Crippen LogP contribution in [0.2, 0.25) is 0 Å². The molecule has 0 saturated carbocycles. The Morgan fingerprint density at radius 1 is 1.07 bits per heavy atom. The molecule has 0 atom stereocenters. The molecule has 0 amide bonds. The molecule has 10 heteroatoms. The monoisotopic (exact) mass is 366 g/mol. The number of carboxylic acid groups (broad SMARTS) is 1. The van der Waals surface area contributed by atoms with Gasteiger partial charge in [-0.1, -0.05) is 6.07 Å². The first-order chi connectivity index (χ1) is 12.9. The number of carboxylic acids is 1. The maximum atomic E-state index is 11.6. The lowest BCUT2D eigenvalue weighted by atomic mass is 10.2. The minimum Gasteiger partial charge on any atom is -0.478 e. The molecule has 0 aliphatic rings. The lowest BCUT2D eigenvalue weighted by molar-refractivity contribution is -0.383. The van der Waals surface area contributed by atoms with E-state index in [2.05, 4.69) is 25.6 Å². The molecule has 0 saturated heterocycles. The van der Waals surface area contributed by atoms with Crippen LogP contribution in [0, 0.1) is 17.0 Å². The molecule has 0 radical (unpaired) electrons. The average Bonchev–Trinajstić information content (AvgIpc) is 2.62. The van der Waals surface area contributed by atoms with Gasteiger partial charge in [-0.15, -0.1) is 0 Å². The van der Waals surface area contributed by atoms with E-state index in [0.29, 0.717) is 11.5 Å². The van der Waals surface area contributed by atoms with Gasteiger partial charge in [0.1, 0.15) is 12.1 Å². The highest BCUT2D eigenvalue weighted by Gasteiger charge is 2.23. The van der Waals surface area contributed by atoms with Crippen molar-refractivity contribution in [3.63, 3.8) is 0 Å². The molecule has 0 spiro atoms. The van der Waals surface area contributed by atoms with Gasteiger partial charge < -0.3 is 15.7 Å². The van der Waals surface area contributed by atoms with Crippen molar-refractivity contribution in [2.45, 2.75) is 6.92 Å². The number of hydrogen-bond donors (Lipinski definition) is 3. The molecule has 0 fully saturated rings. The first-order valence-electron chi connectivity index (χ1n) is 7.74. The summed E-state index contributed by atoms with van der Waals surface area (Å²) in [6.07, 6.45) is 1.18. The van der Waals surface area contributed by atoms with Gasteiger partial charge in [-0.2, -0.15) is 0 Å². The number of pyridine rings is 1. The Morgan fingerprint density at radius 2 is 1.74 bits per heavy atom. The molecule has 0 aliphatic carbocycles. The second kappa shape index (κ2) is 7.44. The highest BCUT2D eigenvalue weighted by molar-refractivity contribution is 5.88. The van der Waals surface area contributed by atoms with E-state index >= 15 is 0 Å². The van der Waals surface area contributed by atoms with Gasteiger partial charge >= 0.3 is 11.7 Å². The summed E-state index contributed by atoms with van der Waals surface area (Å²) in [5.74, 6) is -0.703. The summed E-state index contributed by atoms with van der Waals surface area (Å²) in [7, 11) is 0. The number of aryl methyl sites for hydroxylation is 1. The number of benzene rings is 1. The number of hydrogen-bond acceptors (Lipinski definition) is 8. The Balaban J connectivity index is 1.93. The van der Waals surface area contributed by atoms with Crippen molar-refractivity contribution >= 4 is 34.8 Å². The van der Waals surface area contributed by atoms with Crippen LogP contribution in [0.1, 0.15) is 16.1 Å². The third-order valence-electron chi connectivity index (χ3n) is 3.53. The van der Waals surface area contributed by atoms with Gasteiger partial charge in [0.2, 0.25) is 11.6 Å². The number of rotatable bonds is 6. The van der Waals surface area contributed by atoms with Crippen LogP contribution in [0.15, 0.2) is 48.8 Å². The molecule has 3 N–H and O–H groups in total. The fourth-order valence-corrected chi connectivity index (χ4v) is 2.30. The predicted octanol–water partition coefficient (Wildman–Crippen LogP) is 3.27. The molecule has 10 nitrogen and oxygen atoms in total. The van der Waals surface area contributed by atoms with E-state index in [0.717, 1.165) is 5.69 Å². The van der Waals surface area contributed by atoms with E-state index in [-0.39, 0.29) is 22.9 Å². The average molecular weight is 366 g/mol. The Kier molecular flexibility index (Phi) is 4.88. The minimum absolute atomic E-state index is 0.0160. The van der Waals surface area contributed by atoms with Gasteiger partial charge in [0, 0.05) is 11.4 Å². The maximum absolute atomic E-state index is 11.6. The number of carbonyl (C=O) groups is 1. The summed E-state index contributed by atoms with van der Waals surface area (Å²) in [5.41, 5.74) is 0.934. The number of anilines is 4. The Hall–Kier alpha value is -4.08. The van der Waals surface area contributed by atoms with Crippen molar-refractivity contribution in [3.05, 3.63) is 70.2 Å². The lowest BCUT2D eigenvalue weighted by Gasteiger charge is -2.10. The number of nitro groups is 1. The number of nitrogens with one attached hydrogen (secondary N) is 2. The highest BCUT2D eigenvalue weighted by atomic mass is 16.6. The minimum atomic E-state index is -1.06. The van der Waals surface area contributed by atoms with Crippen molar-refractivity contribution in [2.24, 2.45) is 0 Å². The number of nitrogens with zero attached hydrogens (tertiary/aromatic N) is 4. The van der Waals surface area contributed by atoms with Crippen LogP contribution in [0.3, 0.4) is 0 Å². The smallest absolute Gasteiger partial charge is 0.353 e. The standard InChI is InChI=1S/C17H14N6O4/c1-10-3-2-4-13(20-10)22-16-14(23(26)27)15(18-9-19-16)21-12-7-5-11(6-8-12)17(24)25/h2-9H,1H3,(H,24,25)(H2,18,19,20,21,22). The Morgan fingerprint density at radius 3 is 2.33 bits per heavy atom. The van der Waals surface area contributed by atoms with Crippen LogP contribution >= 0.6 is 0 Å². The van der Waals surface area contributed by atoms with E-state index in [9.17, 15) is 14.9 Å². The summed E-state index contributed by atoms with van der Waals surface area (Å²) in [6.45, 7) is 1.80. The van der Waals surface area contributed by atoms with Gasteiger partial charge in [0.15, 0.2) is 0 Å². The summed E-state index contributed by atoms with van der Waals surface area (Å²) < 4.78 is 0. The molecular formula is C17H14N6O4. The first-order valence-corrected chi connectivity index (χ1v) is 7.74. The summed E-state index contributed by atoms with van der Waals surface area (Å²) in [6, 6.07) is 11.0. The molecule has 3 rings (SSSR count). The predicted molar refractivity (Wildman–Crippen MR) is 97.6 cm³/mol. The van der Waals surface area contributed by atoms with Crippen LogP contribution in [0.25, 0.3) is 0 Å². The van der Waals surface area contributed by atoms with Gasteiger partial charge in [0.05, 0.1) is 10.5 Å². The summed E-state index contributed by atoms with van der Waals surface area (Å²) >= 11 is 0. The quantitative estimate of drug-likeness (QED) is 0.442. The van der Waals surface area contributed by atoms with Crippen molar-refractivity contribution in [3.8, 4) is 0 Å². The molecule has 2 heterocycles. The molecule has 1 aromatic carbocycles. The van der Waals surface area contributed by atoms with Gasteiger partial charge in [-0.05, 0) is 43.3 Å². The Bertz CT molecular complexity index is 1010. The van der Waals surface area contributed by atoms with Gasteiger partial charge in [0.25, 0.3) is 0 Å². The van der Waals surface area contributed by atoms with Crippen LogP contribution in [-0.2, 0) is 0 Å². The fraction of sp³-hybridized carbons (Fsp3) is 0.0588. The fourth-order valence-electron chi connectivity index (χ4n) is 2.30. The molecule has 2 aromatic heterocycles. The van der Waals surface area contributed by atoms with E-state index in [1.165, 1.54) is 30.6 Å². The normalized spacial score (nSPS) is 10.3. The largest absolute Gasteiger partial charge is 0.478 e. The van der Waals surface area contributed by atoms with E-state index in [1.54, 1.807) is 25.1 Å². The van der Waals surface area contributed by atoms with Crippen molar-refractivity contribution in [1.29, 1.82) is 0 Å². The zero-order chi connectivity index (χ0) is 19.4. The third-order valence-corrected chi connectivity index (χ3v) is 3.53. The van der Waals surface area contributed by atoms with Crippen molar-refractivity contribution < 1.29 is 14.8 Å². The van der Waals surface area contributed by atoms with E-state index in [1.807, 2.05) is 0 Å². The number of aromatic carboxylic acids is 1. The van der Waals surface area contributed by atoms with Gasteiger partial charge in [-0.25, -0.2) is 19.7 Å². The zero-order valence-corrected chi connectivity index (χ0v) is 14.1. The third kappa shape index (κ3) is 4.12. The number of aromatic nitrogens is 3. The lowest BCUT2D eigenvalue weighted by Crippen LogP contribution is -2.06. The zero-order valence-electron chi connectivity index (χ0n) is 14.1.